The van der Waals surface area contributed by atoms with E-state index in [1.807, 2.05) is 6.92 Å². The maximum Gasteiger partial charge on any atom is 0.182 e. The molecule has 1 heterocycles. The molecule has 0 aliphatic rings. The number of nitrogen functional groups attached to an aromatic ring is 1. The molecule has 88 valence electrons. The van der Waals surface area contributed by atoms with Crippen molar-refractivity contribution in [2.75, 3.05) is 11.1 Å². The molecule has 0 bridgehead atoms. The molecule has 0 unspecified atom stereocenters. The average molecular weight is 235 g/mol. The molecule has 1 aromatic heterocycles. The van der Waals surface area contributed by atoms with E-state index in [1.165, 1.54) is 12.1 Å². The number of rotatable bonds is 2. The summed E-state index contributed by atoms with van der Waals surface area (Å²) in [7, 11) is 0. The summed E-state index contributed by atoms with van der Waals surface area (Å²) in [5.74, 6) is -1.47. The normalized spacial score (nSPS) is 10.3. The number of hydrogen-bond donors (Lipinski definition) is 2. The van der Waals surface area contributed by atoms with Gasteiger partial charge in [0.05, 0.1) is 5.69 Å². The van der Waals surface area contributed by atoms with Gasteiger partial charge in [0.1, 0.15) is 5.82 Å². The number of pyridine rings is 1. The number of halogens is 2. The van der Waals surface area contributed by atoms with Crippen molar-refractivity contribution in [2.45, 2.75) is 6.92 Å². The van der Waals surface area contributed by atoms with Crippen LogP contribution in [-0.4, -0.2) is 4.98 Å². The second kappa shape index (κ2) is 4.37. The van der Waals surface area contributed by atoms with Gasteiger partial charge in [-0.3, -0.25) is 0 Å². The maximum absolute atomic E-state index is 13.4. The number of benzene rings is 1. The summed E-state index contributed by atoms with van der Waals surface area (Å²) in [6.07, 6.45) is 1.56. The number of anilines is 3. The van der Waals surface area contributed by atoms with Crippen LogP contribution in [0, 0.1) is 18.6 Å². The second-order valence-electron chi connectivity index (χ2n) is 3.65. The molecule has 5 heteroatoms. The Morgan fingerprint density at radius 3 is 2.76 bits per heavy atom. The summed E-state index contributed by atoms with van der Waals surface area (Å²) >= 11 is 0. The van der Waals surface area contributed by atoms with Crippen LogP contribution < -0.4 is 11.1 Å². The number of nitrogens with two attached hydrogens (primary N) is 1. The Kier molecular flexibility index (Phi) is 2.91. The minimum atomic E-state index is -0.937. The summed E-state index contributed by atoms with van der Waals surface area (Å²) in [6, 6.07) is 5.46. The summed E-state index contributed by atoms with van der Waals surface area (Å²) in [5.41, 5.74) is 7.09. The van der Waals surface area contributed by atoms with Crippen molar-refractivity contribution in [1.82, 2.24) is 4.98 Å². The highest BCUT2D eigenvalue weighted by Gasteiger charge is 2.08. The SMILES string of the molecule is Cc1cnc(Nc2cccc(F)c2F)cc1N. The molecule has 0 saturated heterocycles. The van der Waals surface area contributed by atoms with Crippen molar-refractivity contribution in [3.8, 4) is 0 Å². The Morgan fingerprint density at radius 2 is 2.06 bits per heavy atom. The molecule has 0 saturated carbocycles. The van der Waals surface area contributed by atoms with Crippen LogP contribution in [0.1, 0.15) is 5.56 Å². The molecule has 3 nitrogen and oxygen atoms in total. The highest BCUT2D eigenvalue weighted by molar-refractivity contribution is 5.61. The summed E-state index contributed by atoms with van der Waals surface area (Å²) in [6.45, 7) is 1.81. The van der Waals surface area contributed by atoms with Gasteiger partial charge in [0.15, 0.2) is 11.6 Å². The van der Waals surface area contributed by atoms with Crippen LogP contribution in [0.5, 0.6) is 0 Å². The van der Waals surface area contributed by atoms with E-state index >= 15 is 0 Å². The fourth-order valence-electron chi connectivity index (χ4n) is 1.35. The number of nitrogens with zero attached hydrogens (tertiary/aromatic N) is 1. The third-order valence-corrected chi connectivity index (χ3v) is 2.36. The molecule has 0 spiro atoms. The first kappa shape index (κ1) is 11.3. The Labute approximate surface area is 97.3 Å². The minimum Gasteiger partial charge on any atom is -0.398 e. The molecule has 0 aliphatic heterocycles. The summed E-state index contributed by atoms with van der Waals surface area (Å²) < 4.78 is 26.3. The van der Waals surface area contributed by atoms with E-state index in [9.17, 15) is 8.78 Å². The van der Waals surface area contributed by atoms with E-state index < -0.39 is 11.6 Å². The number of nitrogens with one attached hydrogen (secondary N) is 1. The largest absolute Gasteiger partial charge is 0.398 e. The van der Waals surface area contributed by atoms with Gasteiger partial charge in [-0.05, 0) is 24.6 Å². The number of hydrogen-bond acceptors (Lipinski definition) is 3. The van der Waals surface area contributed by atoms with Crippen LogP contribution in [0.15, 0.2) is 30.5 Å². The molecular formula is C12H11F2N3. The molecular weight excluding hydrogens is 224 g/mol. The molecule has 0 atom stereocenters. The number of aromatic nitrogens is 1. The van der Waals surface area contributed by atoms with E-state index in [-0.39, 0.29) is 5.69 Å². The second-order valence-corrected chi connectivity index (χ2v) is 3.65. The lowest BCUT2D eigenvalue weighted by atomic mass is 10.2. The van der Waals surface area contributed by atoms with Crippen LogP contribution in [0.4, 0.5) is 26.0 Å². The fraction of sp³-hybridized carbons (Fsp3) is 0.0833. The topological polar surface area (TPSA) is 50.9 Å². The zero-order valence-electron chi connectivity index (χ0n) is 9.17. The Hall–Kier alpha value is -2.17. The van der Waals surface area contributed by atoms with Crippen molar-refractivity contribution in [2.24, 2.45) is 0 Å². The third-order valence-electron chi connectivity index (χ3n) is 2.36. The number of aryl methyl sites for hydroxylation is 1. The van der Waals surface area contributed by atoms with Crippen molar-refractivity contribution < 1.29 is 8.78 Å². The van der Waals surface area contributed by atoms with Gasteiger partial charge in [-0.25, -0.2) is 13.8 Å². The predicted octanol–water partition coefficient (Wildman–Crippen LogP) is 2.99. The zero-order valence-corrected chi connectivity index (χ0v) is 9.17. The van der Waals surface area contributed by atoms with Gasteiger partial charge in [0.25, 0.3) is 0 Å². The lowest BCUT2D eigenvalue weighted by Crippen LogP contribution is -2.00. The quantitative estimate of drug-likeness (QED) is 0.841. The average Bonchev–Trinajstić information content (AvgIpc) is 2.30. The zero-order chi connectivity index (χ0) is 12.4. The Balaban J connectivity index is 2.31. The smallest absolute Gasteiger partial charge is 0.182 e. The van der Waals surface area contributed by atoms with Gasteiger partial charge in [-0.15, -0.1) is 0 Å². The highest BCUT2D eigenvalue weighted by Crippen LogP contribution is 2.22. The maximum atomic E-state index is 13.4. The summed E-state index contributed by atoms with van der Waals surface area (Å²) in [5, 5.41) is 2.67. The lowest BCUT2D eigenvalue weighted by Gasteiger charge is -2.08. The van der Waals surface area contributed by atoms with Crippen LogP contribution in [0.3, 0.4) is 0 Å². The van der Waals surface area contributed by atoms with Crippen LogP contribution in [0.25, 0.3) is 0 Å². The van der Waals surface area contributed by atoms with Crippen LogP contribution in [0.2, 0.25) is 0 Å². The molecule has 2 aromatic rings. The monoisotopic (exact) mass is 235 g/mol. The van der Waals surface area contributed by atoms with Gasteiger partial charge in [-0.1, -0.05) is 6.07 Å². The fourth-order valence-corrected chi connectivity index (χ4v) is 1.35. The van der Waals surface area contributed by atoms with Gasteiger partial charge < -0.3 is 11.1 Å². The molecule has 0 aliphatic carbocycles. The first-order valence-corrected chi connectivity index (χ1v) is 5.01. The van der Waals surface area contributed by atoms with Crippen molar-refractivity contribution in [1.29, 1.82) is 0 Å². The molecule has 17 heavy (non-hydrogen) atoms. The van der Waals surface area contributed by atoms with E-state index in [0.717, 1.165) is 11.6 Å². The molecule has 0 radical (unpaired) electrons. The van der Waals surface area contributed by atoms with Crippen LogP contribution >= 0.6 is 0 Å². The van der Waals surface area contributed by atoms with Gasteiger partial charge in [0.2, 0.25) is 0 Å². The van der Waals surface area contributed by atoms with Crippen molar-refractivity contribution >= 4 is 17.2 Å². The minimum absolute atomic E-state index is 0.0285. The molecule has 0 amide bonds. The van der Waals surface area contributed by atoms with Gasteiger partial charge in [0, 0.05) is 18.0 Å². The first-order chi connectivity index (χ1) is 8.08. The van der Waals surface area contributed by atoms with E-state index in [1.54, 1.807) is 12.3 Å². The lowest BCUT2D eigenvalue weighted by molar-refractivity contribution is 0.511. The molecule has 2 rings (SSSR count). The van der Waals surface area contributed by atoms with E-state index in [2.05, 4.69) is 10.3 Å². The Bertz CT molecular complexity index is 555. The standard InChI is InChI=1S/C12H11F2N3/c1-7-6-16-11(5-9(7)15)17-10-4-2-3-8(13)12(10)14/h2-6H,1H3,(H3,15,16,17). The molecule has 3 N–H and O–H groups in total. The predicted molar refractivity (Wildman–Crippen MR) is 63.0 cm³/mol. The van der Waals surface area contributed by atoms with E-state index in [0.29, 0.717) is 11.5 Å². The molecule has 0 fully saturated rings. The van der Waals surface area contributed by atoms with Gasteiger partial charge >= 0.3 is 0 Å². The van der Waals surface area contributed by atoms with Crippen molar-refractivity contribution in [3.05, 3.63) is 47.7 Å². The van der Waals surface area contributed by atoms with Crippen molar-refractivity contribution in [3.63, 3.8) is 0 Å². The van der Waals surface area contributed by atoms with E-state index in [4.69, 9.17) is 5.73 Å². The molecule has 1 aromatic carbocycles. The van der Waals surface area contributed by atoms with Crippen LogP contribution in [-0.2, 0) is 0 Å². The Morgan fingerprint density at radius 1 is 1.29 bits per heavy atom. The third kappa shape index (κ3) is 2.33. The first-order valence-electron chi connectivity index (χ1n) is 5.01. The highest BCUT2D eigenvalue weighted by atomic mass is 19.2. The summed E-state index contributed by atoms with van der Waals surface area (Å²) in [4.78, 5) is 4.02. The van der Waals surface area contributed by atoms with Gasteiger partial charge in [-0.2, -0.15) is 0 Å².